The quantitative estimate of drug-likeness (QED) is 0.375. The molecule has 4 nitrogen and oxygen atoms in total. The summed E-state index contributed by atoms with van der Waals surface area (Å²) in [5, 5.41) is 11.5. The first kappa shape index (κ1) is 16.9. The molecular formula is C19H23NO3. The van der Waals surface area contributed by atoms with Crippen molar-refractivity contribution in [3.8, 4) is 11.5 Å². The molecule has 4 heteroatoms. The minimum Gasteiger partial charge on any atom is -0.490 e. The predicted molar refractivity (Wildman–Crippen MR) is 92.0 cm³/mol. The maximum Gasteiger partial charge on any atom is 0.123 e. The largest absolute Gasteiger partial charge is 0.490 e. The summed E-state index contributed by atoms with van der Waals surface area (Å²) in [6.45, 7) is 7.45. The third kappa shape index (κ3) is 5.02. The molecule has 0 bridgehead atoms. The van der Waals surface area contributed by atoms with Gasteiger partial charge in [-0.2, -0.15) is 0 Å². The Balaban J connectivity index is 1.86. The van der Waals surface area contributed by atoms with E-state index in [1.165, 1.54) is 11.8 Å². The van der Waals surface area contributed by atoms with Gasteiger partial charge in [-0.1, -0.05) is 44.1 Å². The Morgan fingerprint density at radius 3 is 2.26 bits per heavy atom. The highest BCUT2D eigenvalue weighted by molar-refractivity contribution is 5.79. The zero-order valence-corrected chi connectivity index (χ0v) is 13.8. The summed E-state index contributed by atoms with van der Waals surface area (Å²) in [6.07, 6.45) is 1.37. The van der Waals surface area contributed by atoms with Crippen LogP contribution in [0.5, 0.6) is 11.5 Å². The van der Waals surface area contributed by atoms with Crippen LogP contribution in [0.1, 0.15) is 31.9 Å². The van der Waals surface area contributed by atoms with Crippen LogP contribution >= 0.6 is 0 Å². The molecule has 0 unspecified atom stereocenters. The first-order valence-corrected chi connectivity index (χ1v) is 7.63. The van der Waals surface area contributed by atoms with E-state index in [4.69, 9.17) is 14.7 Å². The lowest BCUT2D eigenvalue weighted by molar-refractivity contribution is 0.214. The van der Waals surface area contributed by atoms with Gasteiger partial charge in [-0.05, 0) is 46.9 Å². The summed E-state index contributed by atoms with van der Waals surface area (Å²) >= 11 is 0. The van der Waals surface area contributed by atoms with E-state index in [2.05, 4.69) is 32.0 Å². The zero-order chi connectivity index (χ0) is 16.7. The lowest BCUT2D eigenvalue weighted by Crippen LogP contribution is -2.15. The van der Waals surface area contributed by atoms with Crippen molar-refractivity contribution in [2.24, 2.45) is 5.16 Å². The third-order valence-corrected chi connectivity index (χ3v) is 3.39. The summed E-state index contributed by atoms with van der Waals surface area (Å²) in [5.74, 6) is 1.66. The van der Waals surface area contributed by atoms with E-state index < -0.39 is 0 Å². The molecule has 2 aromatic rings. The van der Waals surface area contributed by atoms with Gasteiger partial charge in [0.25, 0.3) is 0 Å². The standard InChI is InChI=1S/C19H23NO3/c1-19(2,3)17-6-4-5-7-18(17)23-13-12-22-16-10-8-15(9-11-16)14-20-21/h4-11,14,21H,12-13H2,1-3H3. The smallest absolute Gasteiger partial charge is 0.123 e. The van der Waals surface area contributed by atoms with Gasteiger partial charge < -0.3 is 14.7 Å². The minimum atomic E-state index is 0.0432. The number of nitrogens with zero attached hydrogens (tertiary/aromatic N) is 1. The number of benzene rings is 2. The number of para-hydroxylation sites is 1. The van der Waals surface area contributed by atoms with Gasteiger partial charge in [0.15, 0.2) is 0 Å². The van der Waals surface area contributed by atoms with Crippen LogP contribution in [0.25, 0.3) is 0 Å². The fraction of sp³-hybridized carbons (Fsp3) is 0.316. The zero-order valence-electron chi connectivity index (χ0n) is 13.8. The van der Waals surface area contributed by atoms with Gasteiger partial charge in [-0.3, -0.25) is 0 Å². The van der Waals surface area contributed by atoms with E-state index in [1.807, 2.05) is 42.5 Å². The summed E-state index contributed by atoms with van der Waals surface area (Å²) in [7, 11) is 0. The Kier molecular flexibility index (Phi) is 5.63. The van der Waals surface area contributed by atoms with E-state index in [9.17, 15) is 0 Å². The molecule has 0 heterocycles. The molecule has 0 aliphatic rings. The van der Waals surface area contributed by atoms with Crippen LogP contribution in [0, 0.1) is 0 Å². The normalized spacial score (nSPS) is 11.6. The van der Waals surface area contributed by atoms with Gasteiger partial charge >= 0.3 is 0 Å². The van der Waals surface area contributed by atoms with Crippen molar-refractivity contribution >= 4 is 6.21 Å². The fourth-order valence-electron chi connectivity index (χ4n) is 2.24. The Labute approximate surface area is 137 Å². The molecular weight excluding hydrogens is 290 g/mol. The van der Waals surface area contributed by atoms with Crippen molar-refractivity contribution in [3.63, 3.8) is 0 Å². The molecule has 0 aromatic heterocycles. The monoisotopic (exact) mass is 313 g/mol. The van der Waals surface area contributed by atoms with E-state index >= 15 is 0 Å². The van der Waals surface area contributed by atoms with Crippen LogP contribution in [0.3, 0.4) is 0 Å². The van der Waals surface area contributed by atoms with Gasteiger partial charge in [0.1, 0.15) is 24.7 Å². The van der Waals surface area contributed by atoms with Gasteiger partial charge in [0.2, 0.25) is 0 Å². The number of hydrogen-bond donors (Lipinski definition) is 1. The van der Waals surface area contributed by atoms with Gasteiger partial charge in [-0.15, -0.1) is 0 Å². The van der Waals surface area contributed by atoms with E-state index in [0.717, 1.165) is 17.1 Å². The number of hydrogen-bond acceptors (Lipinski definition) is 4. The molecule has 0 aliphatic carbocycles. The number of rotatable bonds is 6. The van der Waals surface area contributed by atoms with Crippen LogP contribution in [0.4, 0.5) is 0 Å². The van der Waals surface area contributed by atoms with Crippen molar-refractivity contribution in [3.05, 3.63) is 59.7 Å². The predicted octanol–water partition coefficient (Wildman–Crippen LogP) is 4.25. The van der Waals surface area contributed by atoms with Crippen molar-refractivity contribution < 1.29 is 14.7 Å². The highest BCUT2D eigenvalue weighted by atomic mass is 16.5. The molecule has 2 aromatic carbocycles. The summed E-state index contributed by atoms with van der Waals surface area (Å²) in [6, 6.07) is 15.4. The molecule has 0 fully saturated rings. The Bertz CT molecular complexity index is 642. The van der Waals surface area contributed by atoms with Crippen LogP contribution in [-0.2, 0) is 5.41 Å². The third-order valence-electron chi connectivity index (χ3n) is 3.39. The number of oxime groups is 1. The molecule has 0 spiro atoms. The lowest BCUT2D eigenvalue weighted by Gasteiger charge is -2.22. The van der Waals surface area contributed by atoms with Crippen LogP contribution in [0.15, 0.2) is 53.7 Å². The molecule has 23 heavy (non-hydrogen) atoms. The van der Waals surface area contributed by atoms with Crippen LogP contribution < -0.4 is 9.47 Å². The van der Waals surface area contributed by atoms with Crippen molar-refractivity contribution in [2.45, 2.75) is 26.2 Å². The molecule has 0 radical (unpaired) electrons. The maximum absolute atomic E-state index is 8.47. The Morgan fingerprint density at radius 2 is 1.61 bits per heavy atom. The van der Waals surface area contributed by atoms with E-state index in [-0.39, 0.29) is 5.41 Å². The molecule has 0 atom stereocenters. The first-order chi connectivity index (χ1) is 11.0. The highest BCUT2D eigenvalue weighted by Gasteiger charge is 2.18. The van der Waals surface area contributed by atoms with Crippen molar-refractivity contribution in [1.29, 1.82) is 0 Å². The fourth-order valence-corrected chi connectivity index (χ4v) is 2.24. The molecule has 122 valence electrons. The molecule has 0 aliphatic heterocycles. The second-order valence-electron chi connectivity index (χ2n) is 6.26. The SMILES string of the molecule is CC(C)(C)c1ccccc1OCCOc1ccc(C=NO)cc1. The molecule has 1 N–H and O–H groups in total. The molecule has 2 rings (SSSR count). The molecule has 0 amide bonds. The van der Waals surface area contributed by atoms with Gasteiger partial charge in [-0.25, -0.2) is 0 Å². The van der Waals surface area contributed by atoms with Gasteiger partial charge in [0, 0.05) is 0 Å². The lowest BCUT2D eigenvalue weighted by atomic mass is 9.86. The summed E-state index contributed by atoms with van der Waals surface area (Å²) < 4.78 is 11.5. The molecule has 0 saturated heterocycles. The second kappa shape index (κ2) is 7.68. The summed E-state index contributed by atoms with van der Waals surface area (Å²) in [4.78, 5) is 0. The van der Waals surface area contributed by atoms with Gasteiger partial charge in [0.05, 0.1) is 6.21 Å². The van der Waals surface area contributed by atoms with Crippen molar-refractivity contribution in [2.75, 3.05) is 13.2 Å². The van der Waals surface area contributed by atoms with Crippen molar-refractivity contribution in [1.82, 2.24) is 0 Å². The van der Waals surface area contributed by atoms with E-state index in [0.29, 0.717) is 13.2 Å². The van der Waals surface area contributed by atoms with Crippen LogP contribution in [-0.4, -0.2) is 24.6 Å². The average Bonchev–Trinajstić information content (AvgIpc) is 2.53. The first-order valence-electron chi connectivity index (χ1n) is 7.63. The highest BCUT2D eigenvalue weighted by Crippen LogP contribution is 2.30. The van der Waals surface area contributed by atoms with E-state index in [1.54, 1.807) is 0 Å². The second-order valence-corrected chi connectivity index (χ2v) is 6.26. The Morgan fingerprint density at radius 1 is 0.957 bits per heavy atom. The Hall–Kier alpha value is -2.49. The minimum absolute atomic E-state index is 0.0432. The average molecular weight is 313 g/mol. The summed E-state index contributed by atoms with van der Waals surface area (Å²) in [5.41, 5.74) is 2.05. The topological polar surface area (TPSA) is 51.0 Å². The van der Waals surface area contributed by atoms with Crippen LogP contribution in [0.2, 0.25) is 0 Å². The molecule has 0 saturated carbocycles. The maximum atomic E-state index is 8.47. The number of ether oxygens (including phenoxy) is 2.